The minimum absolute atomic E-state index is 0.0497. The third kappa shape index (κ3) is 5.36. The summed E-state index contributed by atoms with van der Waals surface area (Å²) in [5.74, 6) is 6.02. The number of methoxy groups -OCH3 is 2. The van der Waals surface area contributed by atoms with Gasteiger partial charge in [-0.25, -0.2) is 13.1 Å². The van der Waals surface area contributed by atoms with Crippen molar-refractivity contribution in [2.75, 3.05) is 34.0 Å². The molecule has 21 heavy (non-hydrogen) atoms. The molecule has 0 aliphatic rings. The number of hydrogen-bond acceptors (Lipinski definition) is 5. The highest BCUT2D eigenvalue weighted by atomic mass is 32.2. The highest BCUT2D eigenvalue weighted by Crippen LogP contribution is 2.21. The first kappa shape index (κ1) is 17.5. The first-order valence-electron chi connectivity index (χ1n) is 6.31. The maximum atomic E-state index is 12.1. The molecule has 7 heteroatoms. The van der Waals surface area contributed by atoms with Crippen LogP contribution in [0.2, 0.25) is 0 Å². The molecule has 0 bridgehead atoms. The van der Waals surface area contributed by atoms with Gasteiger partial charge in [0.1, 0.15) is 5.75 Å². The normalized spacial score (nSPS) is 10.8. The molecule has 1 rings (SSSR count). The Morgan fingerprint density at radius 3 is 2.71 bits per heavy atom. The van der Waals surface area contributed by atoms with E-state index < -0.39 is 10.0 Å². The van der Waals surface area contributed by atoms with Crippen LogP contribution in [0.5, 0.6) is 5.75 Å². The largest absolute Gasteiger partial charge is 0.495 e. The van der Waals surface area contributed by atoms with Crippen LogP contribution in [0.3, 0.4) is 0 Å². The summed E-state index contributed by atoms with van der Waals surface area (Å²) in [7, 11) is -0.633. The number of rotatable bonds is 7. The van der Waals surface area contributed by atoms with E-state index in [0.29, 0.717) is 24.3 Å². The highest BCUT2D eigenvalue weighted by molar-refractivity contribution is 7.89. The van der Waals surface area contributed by atoms with Crippen molar-refractivity contribution < 1.29 is 23.0 Å². The first-order valence-corrected chi connectivity index (χ1v) is 7.80. The number of sulfonamides is 1. The third-order valence-electron chi connectivity index (χ3n) is 2.54. The standard InChI is InChI=1S/C14H19NO5S/c1-19-10-8-15-21(17,18)13-6-7-14(20-2)12(11-13)5-3-4-9-16/h6-7,11,15-16H,4,8-10H2,1-2H3. The molecule has 2 N–H and O–H groups in total. The van der Waals surface area contributed by atoms with E-state index in [4.69, 9.17) is 14.6 Å². The van der Waals surface area contributed by atoms with E-state index in [1.807, 2.05) is 0 Å². The predicted octanol–water partition coefficient (Wildman–Crippen LogP) is 0.354. The Labute approximate surface area is 125 Å². The van der Waals surface area contributed by atoms with Crippen molar-refractivity contribution in [2.45, 2.75) is 11.3 Å². The quantitative estimate of drug-likeness (QED) is 0.561. The van der Waals surface area contributed by atoms with E-state index in [9.17, 15) is 8.42 Å². The summed E-state index contributed by atoms with van der Waals surface area (Å²) in [6.07, 6.45) is 0.312. The van der Waals surface area contributed by atoms with Gasteiger partial charge in [-0.2, -0.15) is 0 Å². The van der Waals surface area contributed by atoms with Gasteiger partial charge in [-0.15, -0.1) is 0 Å². The van der Waals surface area contributed by atoms with Crippen LogP contribution in [0.1, 0.15) is 12.0 Å². The number of aliphatic hydroxyl groups is 1. The summed E-state index contributed by atoms with van der Waals surface area (Å²) in [4.78, 5) is 0.104. The van der Waals surface area contributed by atoms with E-state index in [2.05, 4.69) is 16.6 Å². The lowest BCUT2D eigenvalue weighted by Crippen LogP contribution is -2.27. The van der Waals surface area contributed by atoms with E-state index in [-0.39, 0.29) is 18.0 Å². The number of benzene rings is 1. The maximum Gasteiger partial charge on any atom is 0.240 e. The average molecular weight is 313 g/mol. The zero-order valence-corrected chi connectivity index (χ0v) is 12.9. The maximum absolute atomic E-state index is 12.1. The zero-order chi connectivity index (χ0) is 15.7. The van der Waals surface area contributed by atoms with Crippen LogP contribution in [0, 0.1) is 11.8 Å². The lowest BCUT2D eigenvalue weighted by Gasteiger charge is -2.09. The molecule has 0 heterocycles. The van der Waals surface area contributed by atoms with Crippen molar-refractivity contribution >= 4 is 10.0 Å². The molecule has 0 aliphatic carbocycles. The van der Waals surface area contributed by atoms with Crippen LogP contribution in [-0.4, -0.2) is 47.5 Å². The minimum Gasteiger partial charge on any atom is -0.495 e. The van der Waals surface area contributed by atoms with Crippen LogP contribution >= 0.6 is 0 Å². The Balaban J connectivity index is 3.04. The van der Waals surface area contributed by atoms with Crippen molar-refractivity contribution in [3.63, 3.8) is 0 Å². The summed E-state index contributed by atoms with van der Waals surface area (Å²) in [5.41, 5.74) is 0.459. The monoisotopic (exact) mass is 313 g/mol. The summed E-state index contributed by atoms with van der Waals surface area (Å²) >= 11 is 0. The number of ether oxygens (including phenoxy) is 2. The van der Waals surface area contributed by atoms with Crippen LogP contribution in [-0.2, 0) is 14.8 Å². The van der Waals surface area contributed by atoms with Crippen molar-refractivity contribution in [3.8, 4) is 17.6 Å². The molecule has 116 valence electrons. The van der Waals surface area contributed by atoms with Crippen LogP contribution in [0.15, 0.2) is 23.1 Å². The van der Waals surface area contributed by atoms with Crippen molar-refractivity contribution in [3.05, 3.63) is 23.8 Å². The number of aliphatic hydroxyl groups excluding tert-OH is 1. The Morgan fingerprint density at radius 2 is 2.10 bits per heavy atom. The lowest BCUT2D eigenvalue weighted by molar-refractivity contribution is 0.204. The summed E-state index contributed by atoms with van der Waals surface area (Å²) in [6.45, 7) is 0.431. The van der Waals surface area contributed by atoms with Crippen LogP contribution in [0.25, 0.3) is 0 Å². The zero-order valence-electron chi connectivity index (χ0n) is 12.0. The van der Waals surface area contributed by atoms with Gasteiger partial charge in [-0.05, 0) is 18.2 Å². The first-order chi connectivity index (χ1) is 10.0. The molecular formula is C14H19NO5S. The molecule has 0 aromatic heterocycles. The van der Waals surface area contributed by atoms with Gasteiger partial charge in [0.2, 0.25) is 10.0 Å². The predicted molar refractivity (Wildman–Crippen MR) is 78.6 cm³/mol. The Hall–Kier alpha value is -1.59. The average Bonchev–Trinajstić information content (AvgIpc) is 2.47. The molecule has 0 saturated carbocycles. The fraction of sp³-hybridized carbons (Fsp3) is 0.429. The van der Waals surface area contributed by atoms with Gasteiger partial charge in [0.15, 0.2) is 0 Å². The number of hydrogen-bond donors (Lipinski definition) is 2. The summed E-state index contributed by atoms with van der Waals surface area (Å²) in [6, 6.07) is 4.44. The fourth-order valence-corrected chi connectivity index (χ4v) is 2.57. The Morgan fingerprint density at radius 1 is 1.33 bits per heavy atom. The molecule has 0 fully saturated rings. The molecule has 6 nitrogen and oxygen atoms in total. The molecule has 0 atom stereocenters. The third-order valence-corrected chi connectivity index (χ3v) is 4.00. The fourth-order valence-electron chi connectivity index (χ4n) is 1.53. The lowest BCUT2D eigenvalue weighted by atomic mass is 10.2. The van der Waals surface area contributed by atoms with Gasteiger partial charge >= 0.3 is 0 Å². The molecule has 1 aromatic rings. The van der Waals surface area contributed by atoms with Gasteiger partial charge in [0, 0.05) is 20.1 Å². The Bertz CT molecular complexity index is 616. The van der Waals surface area contributed by atoms with Gasteiger partial charge in [-0.1, -0.05) is 11.8 Å². The molecule has 1 aromatic carbocycles. The van der Waals surface area contributed by atoms with Crippen LogP contribution in [0.4, 0.5) is 0 Å². The summed E-state index contributed by atoms with van der Waals surface area (Å²) < 4.78 is 36.6. The Kier molecular flexibility index (Phi) is 7.19. The van der Waals surface area contributed by atoms with Crippen molar-refractivity contribution in [2.24, 2.45) is 0 Å². The van der Waals surface area contributed by atoms with E-state index in [1.165, 1.54) is 26.4 Å². The van der Waals surface area contributed by atoms with Gasteiger partial charge in [0.25, 0.3) is 0 Å². The molecule has 0 amide bonds. The van der Waals surface area contributed by atoms with Crippen molar-refractivity contribution in [1.82, 2.24) is 4.72 Å². The molecule has 0 saturated heterocycles. The molecular weight excluding hydrogens is 294 g/mol. The second-order valence-electron chi connectivity index (χ2n) is 4.03. The number of nitrogens with one attached hydrogen (secondary N) is 1. The molecule has 0 unspecified atom stereocenters. The smallest absolute Gasteiger partial charge is 0.240 e. The second-order valence-corrected chi connectivity index (χ2v) is 5.80. The second kappa shape index (κ2) is 8.64. The van der Waals surface area contributed by atoms with Gasteiger partial charge < -0.3 is 14.6 Å². The highest BCUT2D eigenvalue weighted by Gasteiger charge is 2.15. The van der Waals surface area contributed by atoms with Gasteiger partial charge in [-0.3, -0.25) is 0 Å². The SMILES string of the molecule is COCCNS(=O)(=O)c1ccc(OC)c(C#CCCO)c1. The van der Waals surface area contributed by atoms with E-state index in [0.717, 1.165) is 0 Å². The molecule has 0 spiro atoms. The van der Waals surface area contributed by atoms with E-state index in [1.54, 1.807) is 6.07 Å². The molecule has 0 aliphatic heterocycles. The van der Waals surface area contributed by atoms with Crippen LogP contribution < -0.4 is 9.46 Å². The van der Waals surface area contributed by atoms with Gasteiger partial charge in [0.05, 0.1) is 30.8 Å². The van der Waals surface area contributed by atoms with E-state index >= 15 is 0 Å². The topological polar surface area (TPSA) is 84.9 Å². The minimum atomic E-state index is -3.61. The summed E-state index contributed by atoms with van der Waals surface area (Å²) in [5, 5.41) is 8.72. The van der Waals surface area contributed by atoms with Crippen molar-refractivity contribution in [1.29, 1.82) is 0 Å². The molecule has 0 radical (unpaired) electrons.